The summed E-state index contributed by atoms with van der Waals surface area (Å²) in [5, 5.41) is 6.35. The number of fused-ring (bicyclic) bond motifs is 1. The van der Waals surface area contributed by atoms with Crippen molar-refractivity contribution >= 4 is 34.7 Å². The molecule has 0 saturated carbocycles. The van der Waals surface area contributed by atoms with E-state index in [1.54, 1.807) is 36.4 Å². The lowest BCUT2D eigenvalue weighted by atomic mass is 10.2. The lowest BCUT2D eigenvalue weighted by Crippen LogP contribution is -2.15. The predicted molar refractivity (Wildman–Crippen MR) is 104 cm³/mol. The van der Waals surface area contributed by atoms with E-state index in [4.69, 9.17) is 25.8 Å². The first-order chi connectivity index (χ1) is 13.6. The van der Waals surface area contributed by atoms with Crippen molar-refractivity contribution in [2.24, 2.45) is 0 Å². The summed E-state index contributed by atoms with van der Waals surface area (Å²) in [4.78, 5) is 8.15. The molecule has 9 heteroatoms. The van der Waals surface area contributed by atoms with E-state index in [2.05, 4.69) is 20.6 Å². The summed E-state index contributed by atoms with van der Waals surface area (Å²) in [6.45, 7) is 0.974. The summed E-state index contributed by atoms with van der Waals surface area (Å²) < 4.78 is 30.3. The van der Waals surface area contributed by atoms with Crippen molar-refractivity contribution in [2.75, 3.05) is 31.0 Å². The summed E-state index contributed by atoms with van der Waals surface area (Å²) >= 11 is 6.12. The van der Waals surface area contributed by atoms with Gasteiger partial charge >= 0.3 is 0 Å². The molecule has 0 radical (unpaired) electrons. The Morgan fingerprint density at radius 3 is 2.57 bits per heavy atom. The first kappa shape index (κ1) is 18.1. The number of benzene rings is 2. The SMILES string of the molecule is COc1ccc(Nc2ncc(F)c(Nc3ccc4c(c3)OCCO4)n2)cc1Cl. The number of nitrogens with zero attached hydrogens (tertiary/aromatic N) is 2. The van der Waals surface area contributed by atoms with Gasteiger partial charge in [-0.25, -0.2) is 9.37 Å². The van der Waals surface area contributed by atoms with Gasteiger partial charge in [-0.15, -0.1) is 0 Å². The van der Waals surface area contributed by atoms with Crippen LogP contribution < -0.4 is 24.8 Å². The van der Waals surface area contributed by atoms with Gasteiger partial charge in [0.1, 0.15) is 19.0 Å². The van der Waals surface area contributed by atoms with E-state index in [-0.39, 0.29) is 11.8 Å². The number of rotatable bonds is 5. The maximum Gasteiger partial charge on any atom is 0.229 e. The summed E-state index contributed by atoms with van der Waals surface area (Å²) in [6, 6.07) is 10.4. The van der Waals surface area contributed by atoms with Crippen LogP contribution in [-0.4, -0.2) is 30.3 Å². The highest BCUT2D eigenvalue weighted by Gasteiger charge is 2.14. The second-order valence-corrected chi connectivity index (χ2v) is 6.26. The Labute approximate surface area is 165 Å². The first-order valence-corrected chi connectivity index (χ1v) is 8.80. The molecule has 0 bridgehead atoms. The van der Waals surface area contributed by atoms with E-state index in [0.717, 1.165) is 6.20 Å². The number of methoxy groups -OCH3 is 1. The minimum atomic E-state index is -0.590. The van der Waals surface area contributed by atoms with Gasteiger partial charge in [-0.2, -0.15) is 4.98 Å². The summed E-state index contributed by atoms with van der Waals surface area (Å²) in [5.74, 6) is 1.44. The van der Waals surface area contributed by atoms with Crippen LogP contribution >= 0.6 is 11.6 Å². The topological polar surface area (TPSA) is 77.5 Å². The maximum absolute atomic E-state index is 14.2. The number of ether oxygens (including phenoxy) is 3. The van der Waals surface area contributed by atoms with E-state index < -0.39 is 5.82 Å². The molecule has 7 nitrogen and oxygen atoms in total. The van der Waals surface area contributed by atoms with Gasteiger partial charge in [0.2, 0.25) is 5.95 Å². The summed E-state index contributed by atoms with van der Waals surface area (Å²) in [7, 11) is 1.53. The van der Waals surface area contributed by atoms with Crippen molar-refractivity contribution in [3.05, 3.63) is 53.4 Å². The Hall–Kier alpha value is -3.26. The third-order valence-electron chi connectivity index (χ3n) is 3.96. The number of hydrogen-bond donors (Lipinski definition) is 2. The number of hydrogen-bond acceptors (Lipinski definition) is 7. The van der Waals surface area contributed by atoms with Crippen molar-refractivity contribution in [1.29, 1.82) is 0 Å². The fourth-order valence-corrected chi connectivity index (χ4v) is 2.90. The molecule has 4 rings (SSSR count). The van der Waals surface area contributed by atoms with Crippen LogP contribution in [0, 0.1) is 5.82 Å². The number of anilines is 4. The van der Waals surface area contributed by atoms with Crippen LogP contribution in [-0.2, 0) is 0 Å². The van der Waals surface area contributed by atoms with Gasteiger partial charge in [0.15, 0.2) is 23.1 Å². The van der Waals surface area contributed by atoms with Gasteiger partial charge in [-0.1, -0.05) is 11.6 Å². The Morgan fingerprint density at radius 1 is 1.04 bits per heavy atom. The molecule has 0 amide bonds. The van der Waals surface area contributed by atoms with Gasteiger partial charge in [0, 0.05) is 17.4 Å². The van der Waals surface area contributed by atoms with Crippen LogP contribution in [0.5, 0.6) is 17.2 Å². The van der Waals surface area contributed by atoms with Crippen LogP contribution in [0.25, 0.3) is 0 Å². The van der Waals surface area contributed by atoms with E-state index in [9.17, 15) is 4.39 Å². The van der Waals surface area contributed by atoms with Crippen molar-refractivity contribution in [3.8, 4) is 17.2 Å². The zero-order chi connectivity index (χ0) is 19.5. The Morgan fingerprint density at radius 2 is 1.79 bits per heavy atom. The van der Waals surface area contributed by atoms with E-state index in [1.165, 1.54) is 7.11 Å². The fraction of sp³-hybridized carbons (Fsp3) is 0.158. The molecule has 0 atom stereocenters. The molecule has 0 fully saturated rings. The third kappa shape index (κ3) is 3.86. The molecule has 2 heterocycles. The fourth-order valence-electron chi connectivity index (χ4n) is 2.65. The second kappa shape index (κ2) is 7.77. The molecule has 0 aliphatic carbocycles. The van der Waals surface area contributed by atoms with Crippen LogP contribution in [0.2, 0.25) is 5.02 Å². The minimum Gasteiger partial charge on any atom is -0.495 e. The zero-order valence-electron chi connectivity index (χ0n) is 14.8. The van der Waals surface area contributed by atoms with Crippen LogP contribution in [0.15, 0.2) is 42.6 Å². The normalized spacial score (nSPS) is 12.4. The Bertz CT molecular complexity index is 1020. The highest BCUT2D eigenvalue weighted by Crippen LogP contribution is 2.34. The molecular weight excluding hydrogens is 387 g/mol. The monoisotopic (exact) mass is 402 g/mol. The number of nitrogens with one attached hydrogen (secondary N) is 2. The largest absolute Gasteiger partial charge is 0.495 e. The van der Waals surface area contributed by atoms with Gasteiger partial charge in [0.05, 0.1) is 18.3 Å². The Kier molecular flexibility index (Phi) is 5.03. The highest BCUT2D eigenvalue weighted by atomic mass is 35.5. The molecule has 1 aliphatic rings. The van der Waals surface area contributed by atoms with Gasteiger partial charge in [-0.05, 0) is 30.3 Å². The lowest BCUT2D eigenvalue weighted by Gasteiger charge is -2.19. The molecule has 3 aromatic rings. The zero-order valence-corrected chi connectivity index (χ0v) is 15.6. The molecule has 0 unspecified atom stereocenters. The maximum atomic E-state index is 14.2. The molecule has 0 saturated heterocycles. The summed E-state index contributed by atoms with van der Waals surface area (Å²) in [6.07, 6.45) is 1.08. The van der Waals surface area contributed by atoms with Crippen molar-refractivity contribution < 1.29 is 18.6 Å². The molecule has 2 N–H and O–H groups in total. The average molecular weight is 403 g/mol. The smallest absolute Gasteiger partial charge is 0.229 e. The van der Waals surface area contributed by atoms with E-state index in [0.29, 0.717) is 46.9 Å². The first-order valence-electron chi connectivity index (χ1n) is 8.42. The standard InChI is InChI=1S/C19H16ClFN4O3/c1-26-15-4-2-11(8-13(15)20)24-19-22-10-14(21)18(25-19)23-12-3-5-16-17(9-12)28-7-6-27-16/h2-5,8-10H,6-7H2,1H3,(H2,22,23,24,25). The third-order valence-corrected chi connectivity index (χ3v) is 4.25. The quantitative estimate of drug-likeness (QED) is 0.648. The minimum absolute atomic E-state index is 0.0220. The van der Waals surface area contributed by atoms with Gasteiger partial charge < -0.3 is 24.8 Å². The average Bonchev–Trinajstić information content (AvgIpc) is 2.70. The highest BCUT2D eigenvalue weighted by molar-refractivity contribution is 6.32. The number of halogens is 2. The van der Waals surface area contributed by atoms with Crippen LogP contribution in [0.1, 0.15) is 0 Å². The molecular formula is C19H16ClFN4O3. The number of aromatic nitrogens is 2. The Balaban J connectivity index is 1.55. The van der Waals surface area contributed by atoms with E-state index in [1.807, 2.05) is 0 Å². The van der Waals surface area contributed by atoms with Crippen molar-refractivity contribution in [1.82, 2.24) is 9.97 Å². The molecule has 28 heavy (non-hydrogen) atoms. The molecule has 0 spiro atoms. The molecule has 1 aliphatic heterocycles. The van der Waals surface area contributed by atoms with Crippen LogP contribution in [0.3, 0.4) is 0 Å². The van der Waals surface area contributed by atoms with Crippen molar-refractivity contribution in [2.45, 2.75) is 0 Å². The summed E-state index contributed by atoms with van der Waals surface area (Å²) in [5.41, 5.74) is 1.25. The van der Waals surface area contributed by atoms with Crippen LogP contribution in [0.4, 0.5) is 27.5 Å². The van der Waals surface area contributed by atoms with Gasteiger partial charge in [0.25, 0.3) is 0 Å². The second-order valence-electron chi connectivity index (χ2n) is 5.85. The van der Waals surface area contributed by atoms with Crippen molar-refractivity contribution in [3.63, 3.8) is 0 Å². The predicted octanol–water partition coefficient (Wildman–Crippen LogP) is 4.54. The van der Waals surface area contributed by atoms with E-state index >= 15 is 0 Å². The molecule has 1 aromatic heterocycles. The lowest BCUT2D eigenvalue weighted by molar-refractivity contribution is 0.171. The molecule has 2 aromatic carbocycles. The van der Waals surface area contributed by atoms with Gasteiger partial charge in [-0.3, -0.25) is 0 Å². The molecule has 144 valence electrons.